The SMILES string of the molecule is CCCCOC(=O)c1ccc(NC(=O)COC(=O)[C@@H](C)N2C(=O)[C@@H]3[C@H](C2=O)[C@H]2C=C[C@H]3C2)cc1. The lowest BCUT2D eigenvalue weighted by Gasteiger charge is -2.23. The average Bonchev–Trinajstić information content (AvgIpc) is 3.51. The Bertz CT molecular complexity index is 1000. The van der Waals surface area contributed by atoms with E-state index in [1.807, 2.05) is 19.1 Å². The number of fused-ring (bicyclic) bond motifs is 5. The highest BCUT2D eigenvalue weighted by molar-refractivity contribution is 6.09. The molecule has 0 unspecified atom stereocenters. The highest BCUT2D eigenvalue weighted by atomic mass is 16.5. The zero-order chi connectivity index (χ0) is 24.4. The first-order chi connectivity index (χ1) is 16.3. The van der Waals surface area contributed by atoms with Gasteiger partial charge in [0.1, 0.15) is 6.04 Å². The van der Waals surface area contributed by atoms with Gasteiger partial charge < -0.3 is 14.8 Å². The van der Waals surface area contributed by atoms with Crippen molar-refractivity contribution in [2.75, 3.05) is 18.5 Å². The Morgan fingerprint density at radius 2 is 1.65 bits per heavy atom. The van der Waals surface area contributed by atoms with E-state index in [9.17, 15) is 24.0 Å². The second kappa shape index (κ2) is 9.79. The predicted octanol–water partition coefficient (Wildman–Crippen LogP) is 2.32. The molecule has 0 aromatic heterocycles. The molecule has 4 rings (SSSR count). The Kier molecular flexibility index (Phi) is 6.81. The number of benzene rings is 1. The van der Waals surface area contributed by atoms with Gasteiger partial charge in [-0.05, 0) is 55.9 Å². The Morgan fingerprint density at radius 1 is 1.03 bits per heavy atom. The van der Waals surface area contributed by atoms with Crippen molar-refractivity contribution in [2.45, 2.75) is 39.2 Å². The Hall–Kier alpha value is -3.49. The zero-order valence-corrected chi connectivity index (χ0v) is 19.2. The maximum atomic E-state index is 12.8. The molecule has 9 nitrogen and oxygen atoms in total. The van der Waals surface area contributed by atoms with E-state index in [0.717, 1.165) is 24.2 Å². The number of ether oxygens (including phenoxy) is 2. The summed E-state index contributed by atoms with van der Waals surface area (Å²) < 4.78 is 10.2. The van der Waals surface area contributed by atoms with Crippen LogP contribution in [0.2, 0.25) is 0 Å². The third-order valence-corrected chi connectivity index (χ3v) is 6.71. The number of hydrogen-bond acceptors (Lipinski definition) is 7. The van der Waals surface area contributed by atoms with Crippen molar-refractivity contribution in [3.8, 4) is 0 Å². The van der Waals surface area contributed by atoms with Crippen molar-refractivity contribution in [1.82, 2.24) is 4.90 Å². The fourth-order valence-electron chi connectivity index (χ4n) is 4.95. The molecule has 1 aliphatic heterocycles. The minimum Gasteiger partial charge on any atom is -0.462 e. The second-order valence-electron chi connectivity index (χ2n) is 8.95. The number of unbranched alkanes of at least 4 members (excludes halogenated alkanes) is 1. The molecule has 2 bridgehead atoms. The summed E-state index contributed by atoms with van der Waals surface area (Å²) in [7, 11) is 0. The summed E-state index contributed by atoms with van der Waals surface area (Å²) in [6.45, 7) is 3.22. The molecule has 1 saturated carbocycles. The van der Waals surface area contributed by atoms with E-state index < -0.39 is 42.3 Å². The van der Waals surface area contributed by atoms with Gasteiger partial charge in [0.15, 0.2) is 6.61 Å². The van der Waals surface area contributed by atoms with Gasteiger partial charge in [-0.25, -0.2) is 9.59 Å². The van der Waals surface area contributed by atoms with Gasteiger partial charge in [-0.2, -0.15) is 0 Å². The van der Waals surface area contributed by atoms with Gasteiger partial charge in [0, 0.05) is 5.69 Å². The van der Waals surface area contributed by atoms with Crippen LogP contribution in [0.15, 0.2) is 36.4 Å². The number of carbonyl (C=O) groups is 5. The standard InChI is InChI=1S/C25H28N2O7/c1-3-4-11-33-25(32)15-7-9-18(10-8-15)26-19(28)13-34-24(31)14(2)27-22(29)20-16-5-6-17(12-16)21(20)23(27)30/h5-10,14,16-17,20-21H,3-4,11-13H2,1-2H3,(H,26,28)/t14-,16+,17+,20-,21+/m1/s1. The molecule has 3 amide bonds. The smallest absolute Gasteiger partial charge is 0.338 e. The van der Waals surface area contributed by atoms with Gasteiger partial charge in [-0.1, -0.05) is 25.5 Å². The van der Waals surface area contributed by atoms with E-state index in [0.29, 0.717) is 17.9 Å². The minimum absolute atomic E-state index is 0.0510. The molecule has 1 heterocycles. The minimum atomic E-state index is -1.10. The van der Waals surface area contributed by atoms with Gasteiger partial charge >= 0.3 is 11.9 Å². The van der Waals surface area contributed by atoms with Crippen molar-refractivity contribution in [2.24, 2.45) is 23.7 Å². The first-order valence-corrected chi connectivity index (χ1v) is 11.6. The molecule has 0 spiro atoms. The van der Waals surface area contributed by atoms with Gasteiger partial charge in [0.25, 0.3) is 5.91 Å². The number of allylic oxidation sites excluding steroid dienone is 2. The molecule has 1 aromatic rings. The lowest BCUT2D eigenvalue weighted by molar-refractivity contribution is -0.159. The molecule has 34 heavy (non-hydrogen) atoms. The molecule has 5 atom stereocenters. The van der Waals surface area contributed by atoms with E-state index in [2.05, 4.69) is 5.32 Å². The fraction of sp³-hybridized carbons (Fsp3) is 0.480. The Labute approximate surface area is 197 Å². The number of anilines is 1. The van der Waals surface area contributed by atoms with Crippen molar-refractivity contribution in [3.63, 3.8) is 0 Å². The number of imide groups is 1. The molecule has 0 radical (unpaired) electrons. The number of nitrogens with one attached hydrogen (secondary N) is 1. The first kappa shape index (κ1) is 23.7. The lowest BCUT2D eigenvalue weighted by atomic mass is 9.85. The summed E-state index contributed by atoms with van der Waals surface area (Å²) in [6.07, 6.45) is 6.48. The zero-order valence-electron chi connectivity index (χ0n) is 19.2. The van der Waals surface area contributed by atoms with Crippen LogP contribution in [0.1, 0.15) is 43.5 Å². The molecule has 180 valence electrons. The van der Waals surface area contributed by atoms with Crippen LogP contribution in [0.25, 0.3) is 0 Å². The molecule has 1 aromatic carbocycles. The van der Waals surface area contributed by atoms with Crippen molar-refractivity contribution in [1.29, 1.82) is 0 Å². The molecule has 3 aliphatic rings. The summed E-state index contributed by atoms with van der Waals surface area (Å²) in [4.78, 5) is 63.2. The molecular weight excluding hydrogens is 440 g/mol. The van der Waals surface area contributed by atoms with Crippen molar-refractivity contribution >= 4 is 35.3 Å². The third-order valence-electron chi connectivity index (χ3n) is 6.71. The highest BCUT2D eigenvalue weighted by Gasteiger charge is 2.60. The summed E-state index contributed by atoms with van der Waals surface area (Å²) in [6, 6.07) is 5.04. The lowest BCUT2D eigenvalue weighted by Crippen LogP contribution is -2.45. The Morgan fingerprint density at radius 3 is 2.24 bits per heavy atom. The molecule has 2 aliphatic carbocycles. The number of rotatable bonds is 9. The maximum Gasteiger partial charge on any atom is 0.338 e. The van der Waals surface area contributed by atoms with Crippen LogP contribution in [0, 0.1) is 23.7 Å². The van der Waals surface area contributed by atoms with Crippen LogP contribution in [-0.2, 0) is 28.7 Å². The molecule has 2 fully saturated rings. The van der Waals surface area contributed by atoms with Crippen LogP contribution in [0.5, 0.6) is 0 Å². The van der Waals surface area contributed by atoms with Gasteiger partial charge in [0.05, 0.1) is 24.0 Å². The summed E-state index contributed by atoms with van der Waals surface area (Å²) in [5.74, 6) is -3.21. The number of amides is 3. The van der Waals surface area contributed by atoms with E-state index in [4.69, 9.17) is 9.47 Å². The van der Waals surface area contributed by atoms with Gasteiger partial charge in [0.2, 0.25) is 11.8 Å². The fourth-order valence-corrected chi connectivity index (χ4v) is 4.95. The summed E-state index contributed by atoms with van der Waals surface area (Å²) >= 11 is 0. The first-order valence-electron chi connectivity index (χ1n) is 11.6. The number of nitrogens with zero attached hydrogens (tertiary/aromatic N) is 1. The molecule has 9 heteroatoms. The van der Waals surface area contributed by atoms with Crippen LogP contribution in [0.4, 0.5) is 5.69 Å². The summed E-state index contributed by atoms with van der Waals surface area (Å²) in [5.41, 5.74) is 0.780. The number of esters is 2. The molecular formula is C25H28N2O7. The second-order valence-corrected chi connectivity index (χ2v) is 8.95. The number of carbonyl (C=O) groups excluding carboxylic acids is 5. The normalized spacial score (nSPS) is 25.3. The Balaban J connectivity index is 1.25. The van der Waals surface area contributed by atoms with E-state index in [1.165, 1.54) is 19.1 Å². The largest absolute Gasteiger partial charge is 0.462 e. The van der Waals surface area contributed by atoms with Crippen molar-refractivity contribution in [3.05, 3.63) is 42.0 Å². The van der Waals surface area contributed by atoms with Crippen LogP contribution in [0.3, 0.4) is 0 Å². The van der Waals surface area contributed by atoms with E-state index >= 15 is 0 Å². The predicted molar refractivity (Wildman–Crippen MR) is 120 cm³/mol. The number of hydrogen-bond donors (Lipinski definition) is 1. The molecule has 1 saturated heterocycles. The monoisotopic (exact) mass is 468 g/mol. The maximum absolute atomic E-state index is 12.8. The number of likely N-dealkylation sites (tertiary alicyclic amines) is 1. The summed E-state index contributed by atoms with van der Waals surface area (Å²) in [5, 5.41) is 2.57. The quantitative estimate of drug-likeness (QED) is 0.256. The highest BCUT2D eigenvalue weighted by Crippen LogP contribution is 2.52. The average molecular weight is 469 g/mol. The van der Waals surface area contributed by atoms with Gasteiger partial charge in [-0.3, -0.25) is 19.3 Å². The van der Waals surface area contributed by atoms with Crippen LogP contribution < -0.4 is 5.32 Å². The third kappa shape index (κ3) is 4.47. The van der Waals surface area contributed by atoms with Crippen LogP contribution >= 0.6 is 0 Å². The van der Waals surface area contributed by atoms with E-state index in [1.54, 1.807) is 12.1 Å². The topological polar surface area (TPSA) is 119 Å². The van der Waals surface area contributed by atoms with E-state index in [-0.39, 0.29) is 23.7 Å². The van der Waals surface area contributed by atoms with Gasteiger partial charge in [-0.15, -0.1) is 0 Å². The molecule has 1 N–H and O–H groups in total. The van der Waals surface area contributed by atoms with Crippen LogP contribution in [-0.4, -0.2) is 53.8 Å². The van der Waals surface area contributed by atoms with Crippen molar-refractivity contribution < 1.29 is 33.4 Å².